The van der Waals surface area contributed by atoms with E-state index in [4.69, 9.17) is 9.47 Å². The molecule has 0 bridgehead atoms. The van der Waals surface area contributed by atoms with Crippen molar-refractivity contribution in [3.8, 4) is 5.75 Å². The Labute approximate surface area is 188 Å². The van der Waals surface area contributed by atoms with Crippen molar-refractivity contribution in [3.05, 3.63) is 65.5 Å². The SMILES string of the molecule is CCCOc1ccc(C(=O)CCC(=O)NCC(c2ccc(F)cc2)N2CCOCC2)cc1. The van der Waals surface area contributed by atoms with Crippen molar-refractivity contribution in [2.75, 3.05) is 39.5 Å². The van der Waals surface area contributed by atoms with Crippen LogP contribution in [0.5, 0.6) is 5.75 Å². The van der Waals surface area contributed by atoms with Crippen LogP contribution in [0.1, 0.15) is 48.1 Å². The van der Waals surface area contributed by atoms with Gasteiger partial charge in [-0.25, -0.2) is 4.39 Å². The van der Waals surface area contributed by atoms with Crippen molar-refractivity contribution in [1.82, 2.24) is 10.2 Å². The van der Waals surface area contributed by atoms with E-state index in [1.807, 2.05) is 6.92 Å². The Morgan fingerprint density at radius 2 is 1.75 bits per heavy atom. The standard InChI is InChI=1S/C25H31FN2O4/c1-2-15-32-22-9-5-20(6-10-22)24(29)11-12-25(30)27-18-23(28-13-16-31-17-14-28)19-3-7-21(26)8-4-19/h3-10,23H,2,11-18H2,1H3,(H,27,30). The molecular formula is C25H31FN2O4. The van der Waals surface area contributed by atoms with Crippen molar-refractivity contribution in [2.24, 2.45) is 0 Å². The second-order valence-electron chi connectivity index (χ2n) is 7.82. The minimum atomic E-state index is -0.290. The van der Waals surface area contributed by atoms with Gasteiger partial charge in [-0.2, -0.15) is 0 Å². The lowest BCUT2D eigenvalue weighted by molar-refractivity contribution is -0.121. The highest BCUT2D eigenvalue weighted by Gasteiger charge is 2.23. The minimum absolute atomic E-state index is 0.0742. The van der Waals surface area contributed by atoms with Crippen LogP contribution in [0.25, 0.3) is 0 Å². The van der Waals surface area contributed by atoms with Crippen molar-refractivity contribution >= 4 is 11.7 Å². The number of rotatable bonds is 11. The summed E-state index contributed by atoms with van der Waals surface area (Å²) in [4.78, 5) is 27.1. The molecule has 172 valence electrons. The molecule has 1 N–H and O–H groups in total. The average Bonchev–Trinajstić information content (AvgIpc) is 2.83. The molecule has 1 aliphatic heterocycles. The molecule has 6 nitrogen and oxygen atoms in total. The van der Waals surface area contributed by atoms with E-state index in [9.17, 15) is 14.0 Å². The predicted octanol–water partition coefficient (Wildman–Crippen LogP) is 3.77. The summed E-state index contributed by atoms with van der Waals surface area (Å²) >= 11 is 0. The Morgan fingerprint density at radius 1 is 1.06 bits per heavy atom. The van der Waals surface area contributed by atoms with Crippen LogP contribution in [0.4, 0.5) is 4.39 Å². The van der Waals surface area contributed by atoms with E-state index in [0.717, 1.165) is 30.8 Å². The largest absolute Gasteiger partial charge is 0.494 e. The summed E-state index contributed by atoms with van der Waals surface area (Å²) in [7, 11) is 0. The van der Waals surface area contributed by atoms with E-state index in [1.165, 1.54) is 12.1 Å². The van der Waals surface area contributed by atoms with Gasteiger partial charge >= 0.3 is 0 Å². The number of halogens is 1. The zero-order valence-corrected chi connectivity index (χ0v) is 18.5. The molecule has 1 heterocycles. The number of Topliss-reactive ketones (excluding diaryl/α,β-unsaturated/α-hetero) is 1. The van der Waals surface area contributed by atoms with Crippen molar-refractivity contribution in [1.29, 1.82) is 0 Å². The lowest BCUT2D eigenvalue weighted by Crippen LogP contribution is -2.43. The van der Waals surface area contributed by atoms with Gasteiger partial charge in [-0.1, -0.05) is 19.1 Å². The maximum Gasteiger partial charge on any atom is 0.220 e. The summed E-state index contributed by atoms with van der Waals surface area (Å²) < 4.78 is 24.3. The van der Waals surface area contributed by atoms with Crippen molar-refractivity contribution in [3.63, 3.8) is 0 Å². The Bertz CT molecular complexity index is 865. The highest BCUT2D eigenvalue weighted by atomic mass is 19.1. The Kier molecular flexibility index (Phi) is 9.19. The van der Waals surface area contributed by atoms with Crippen LogP contribution in [0, 0.1) is 5.82 Å². The van der Waals surface area contributed by atoms with E-state index < -0.39 is 0 Å². The number of hydrogen-bond donors (Lipinski definition) is 1. The Balaban J connectivity index is 1.51. The highest BCUT2D eigenvalue weighted by Crippen LogP contribution is 2.22. The summed E-state index contributed by atoms with van der Waals surface area (Å²) in [6.45, 7) is 5.80. The predicted molar refractivity (Wildman–Crippen MR) is 120 cm³/mol. The third kappa shape index (κ3) is 7.14. The molecule has 0 spiro atoms. The smallest absolute Gasteiger partial charge is 0.220 e. The van der Waals surface area contributed by atoms with Crippen LogP contribution >= 0.6 is 0 Å². The molecule has 1 amide bonds. The summed E-state index contributed by atoms with van der Waals surface area (Å²) in [5.41, 5.74) is 1.51. The summed E-state index contributed by atoms with van der Waals surface area (Å²) in [6, 6.07) is 13.3. The first-order valence-electron chi connectivity index (χ1n) is 11.2. The molecule has 3 rings (SSSR count). The van der Waals surface area contributed by atoms with Crippen LogP contribution in [0.3, 0.4) is 0 Å². The highest BCUT2D eigenvalue weighted by molar-refractivity contribution is 5.98. The fourth-order valence-electron chi connectivity index (χ4n) is 3.66. The number of hydrogen-bond acceptors (Lipinski definition) is 5. The summed E-state index contributed by atoms with van der Waals surface area (Å²) in [6.07, 6.45) is 1.18. The van der Waals surface area contributed by atoms with Gasteiger partial charge in [-0.3, -0.25) is 14.5 Å². The van der Waals surface area contributed by atoms with E-state index in [-0.39, 0.29) is 36.4 Å². The van der Waals surface area contributed by atoms with Crippen LogP contribution in [-0.4, -0.2) is 56.0 Å². The molecule has 0 aliphatic carbocycles. The van der Waals surface area contributed by atoms with E-state index in [2.05, 4.69) is 10.2 Å². The van der Waals surface area contributed by atoms with E-state index >= 15 is 0 Å². The first kappa shape index (κ1) is 23.9. The van der Waals surface area contributed by atoms with Gasteiger partial charge in [0.15, 0.2) is 5.78 Å². The minimum Gasteiger partial charge on any atom is -0.494 e. The van der Waals surface area contributed by atoms with E-state index in [1.54, 1.807) is 36.4 Å². The normalized spacial score (nSPS) is 15.2. The van der Waals surface area contributed by atoms with Gasteiger partial charge in [0.25, 0.3) is 0 Å². The van der Waals surface area contributed by atoms with Crippen molar-refractivity contribution in [2.45, 2.75) is 32.2 Å². The molecule has 2 aromatic carbocycles. The monoisotopic (exact) mass is 442 g/mol. The van der Waals surface area contributed by atoms with Crippen LogP contribution in [0.15, 0.2) is 48.5 Å². The molecule has 1 fully saturated rings. The van der Waals surface area contributed by atoms with Gasteiger partial charge in [-0.05, 0) is 48.4 Å². The zero-order valence-electron chi connectivity index (χ0n) is 18.5. The molecule has 1 aliphatic rings. The number of carbonyl (C=O) groups is 2. The van der Waals surface area contributed by atoms with Gasteiger partial charge in [0.05, 0.1) is 25.9 Å². The first-order valence-corrected chi connectivity index (χ1v) is 11.2. The van der Waals surface area contributed by atoms with Crippen molar-refractivity contribution < 1.29 is 23.5 Å². The topological polar surface area (TPSA) is 67.9 Å². The average molecular weight is 443 g/mol. The first-order chi connectivity index (χ1) is 15.6. The Hall–Kier alpha value is -2.77. The number of carbonyl (C=O) groups excluding carboxylic acids is 2. The molecule has 1 saturated heterocycles. The van der Waals surface area contributed by atoms with Gasteiger partial charge in [-0.15, -0.1) is 0 Å². The molecule has 0 saturated carbocycles. The number of amides is 1. The molecule has 0 aromatic heterocycles. The molecular weight excluding hydrogens is 411 g/mol. The van der Waals surface area contributed by atoms with Crippen LogP contribution < -0.4 is 10.1 Å². The van der Waals surface area contributed by atoms with Gasteiger partial charge in [0, 0.05) is 38.0 Å². The fourth-order valence-corrected chi connectivity index (χ4v) is 3.66. The maximum absolute atomic E-state index is 13.4. The second-order valence-corrected chi connectivity index (χ2v) is 7.82. The summed E-state index contributed by atoms with van der Waals surface area (Å²) in [5, 5.41) is 2.94. The molecule has 7 heteroatoms. The molecule has 0 radical (unpaired) electrons. The third-order valence-electron chi connectivity index (χ3n) is 5.46. The second kappa shape index (κ2) is 12.3. The molecule has 1 unspecified atom stereocenters. The number of benzene rings is 2. The van der Waals surface area contributed by atoms with Gasteiger partial charge < -0.3 is 14.8 Å². The maximum atomic E-state index is 13.4. The fraction of sp³-hybridized carbons (Fsp3) is 0.440. The number of nitrogens with zero attached hydrogens (tertiary/aromatic N) is 1. The number of ether oxygens (including phenoxy) is 2. The van der Waals surface area contributed by atoms with Crippen LogP contribution in [0.2, 0.25) is 0 Å². The molecule has 1 atom stereocenters. The molecule has 2 aromatic rings. The lowest BCUT2D eigenvalue weighted by atomic mass is 10.0. The zero-order chi connectivity index (χ0) is 22.8. The van der Waals surface area contributed by atoms with Gasteiger partial charge in [0.2, 0.25) is 5.91 Å². The third-order valence-corrected chi connectivity index (χ3v) is 5.46. The number of ketones is 1. The number of nitrogens with one attached hydrogen (secondary N) is 1. The Morgan fingerprint density at radius 3 is 2.41 bits per heavy atom. The number of morpholine rings is 1. The van der Waals surface area contributed by atoms with Crippen LogP contribution in [-0.2, 0) is 9.53 Å². The van der Waals surface area contributed by atoms with E-state index in [0.29, 0.717) is 31.9 Å². The van der Waals surface area contributed by atoms with Gasteiger partial charge in [0.1, 0.15) is 11.6 Å². The quantitative estimate of drug-likeness (QED) is 0.537. The lowest BCUT2D eigenvalue weighted by Gasteiger charge is -2.35. The molecule has 32 heavy (non-hydrogen) atoms. The summed E-state index contributed by atoms with van der Waals surface area (Å²) in [5.74, 6) is 0.185.